The minimum Gasteiger partial charge on any atom is -0.342 e. The molecule has 0 unspecified atom stereocenters. The van der Waals surface area contributed by atoms with Crippen LogP contribution in [-0.4, -0.2) is 39.6 Å². The van der Waals surface area contributed by atoms with Crippen LogP contribution in [0.4, 0.5) is 0 Å². The van der Waals surface area contributed by atoms with Crippen LogP contribution in [0.1, 0.15) is 24.1 Å². The Morgan fingerprint density at radius 3 is 2.95 bits per heavy atom. The number of likely N-dealkylation sites (tertiary alicyclic amines) is 1. The van der Waals surface area contributed by atoms with Gasteiger partial charge in [-0.25, -0.2) is 4.98 Å². The van der Waals surface area contributed by atoms with Crippen molar-refractivity contribution in [3.05, 3.63) is 21.3 Å². The largest absolute Gasteiger partial charge is 0.342 e. The fourth-order valence-corrected chi connectivity index (χ4v) is 4.17. The maximum absolute atomic E-state index is 12.1. The molecular weight excluding hydrogens is 306 g/mol. The summed E-state index contributed by atoms with van der Waals surface area (Å²) in [7, 11) is 0. The number of carbonyl (C=O) groups excluding carboxylic acids is 1. The summed E-state index contributed by atoms with van der Waals surface area (Å²) in [6.45, 7) is 3.66. The molecule has 5 nitrogen and oxygen atoms in total. The lowest BCUT2D eigenvalue weighted by atomic mass is 10.1. The molecule has 2 aromatic rings. The van der Waals surface area contributed by atoms with Crippen LogP contribution in [0.5, 0.6) is 0 Å². The first kappa shape index (κ1) is 14.6. The normalized spacial score (nSPS) is 15.6. The fourth-order valence-electron chi connectivity index (χ4n) is 2.47. The number of amides is 1. The third-order valence-electron chi connectivity index (χ3n) is 3.54. The van der Waals surface area contributed by atoms with Crippen LogP contribution >= 0.6 is 23.1 Å². The number of aromatic amines is 1. The number of rotatable bonds is 3. The first-order valence-electron chi connectivity index (χ1n) is 7.04. The zero-order valence-electron chi connectivity index (χ0n) is 11.8. The summed E-state index contributed by atoms with van der Waals surface area (Å²) >= 11 is 2.81. The van der Waals surface area contributed by atoms with E-state index in [4.69, 9.17) is 0 Å². The molecule has 0 radical (unpaired) electrons. The van der Waals surface area contributed by atoms with Crippen molar-refractivity contribution < 1.29 is 4.79 Å². The van der Waals surface area contributed by atoms with E-state index in [9.17, 15) is 9.59 Å². The highest BCUT2D eigenvalue weighted by atomic mass is 32.2. The Labute approximate surface area is 130 Å². The predicted molar refractivity (Wildman–Crippen MR) is 86.1 cm³/mol. The molecular formula is C14H17N3O2S2. The van der Waals surface area contributed by atoms with Gasteiger partial charge in [-0.05, 0) is 32.3 Å². The lowest BCUT2D eigenvalue weighted by Gasteiger charge is -2.26. The summed E-state index contributed by atoms with van der Waals surface area (Å²) in [5.41, 5.74) is -0.128. The first-order valence-corrected chi connectivity index (χ1v) is 8.85. The summed E-state index contributed by atoms with van der Waals surface area (Å²) in [5, 5.41) is 1.16. The molecule has 1 aliphatic heterocycles. The first-order chi connectivity index (χ1) is 10.1. The topological polar surface area (TPSA) is 66.1 Å². The number of carbonyl (C=O) groups is 1. The van der Waals surface area contributed by atoms with Gasteiger partial charge in [0.2, 0.25) is 5.91 Å². The third-order valence-corrected chi connectivity index (χ3v) is 5.35. The molecule has 1 aliphatic rings. The number of nitrogens with zero attached hydrogens (tertiary/aromatic N) is 2. The quantitative estimate of drug-likeness (QED) is 0.696. The number of hydrogen-bond acceptors (Lipinski definition) is 5. The van der Waals surface area contributed by atoms with Crippen molar-refractivity contribution in [1.29, 1.82) is 0 Å². The van der Waals surface area contributed by atoms with Crippen LogP contribution in [0.3, 0.4) is 0 Å². The summed E-state index contributed by atoms with van der Waals surface area (Å²) < 4.78 is 0. The van der Waals surface area contributed by atoms with E-state index in [-0.39, 0.29) is 11.5 Å². The number of thiophene rings is 1. The number of piperidine rings is 1. The molecule has 1 saturated heterocycles. The molecule has 1 amide bonds. The van der Waals surface area contributed by atoms with Crippen LogP contribution < -0.4 is 5.56 Å². The molecule has 0 bridgehead atoms. The monoisotopic (exact) mass is 323 g/mol. The molecule has 0 aliphatic carbocycles. The fraction of sp³-hybridized carbons (Fsp3) is 0.500. The highest BCUT2D eigenvalue weighted by Crippen LogP contribution is 2.22. The van der Waals surface area contributed by atoms with E-state index in [1.54, 1.807) is 0 Å². The highest BCUT2D eigenvalue weighted by molar-refractivity contribution is 7.99. The zero-order chi connectivity index (χ0) is 14.8. The van der Waals surface area contributed by atoms with Gasteiger partial charge in [-0.3, -0.25) is 9.59 Å². The second kappa shape index (κ2) is 6.19. The Balaban J connectivity index is 1.70. The number of aromatic nitrogens is 2. The van der Waals surface area contributed by atoms with Gasteiger partial charge in [0.25, 0.3) is 5.56 Å². The van der Waals surface area contributed by atoms with Crippen molar-refractivity contribution in [3.8, 4) is 0 Å². The SMILES string of the molecule is Cc1cc2c(=O)[nH]c(SCC(=O)N3CCCCC3)nc2s1. The Hall–Kier alpha value is -1.34. The minimum absolute atomic E-state index is 0.128. The summed E-state index contributed by atoms with van der Waals surface area (Å²) in [5.74, 6) is 0.462. The van der Waals surface area contributed by atoms with E-state index < -0.39 is 0 Å². The van der Waals surface area contributed by atoms with E-state index in [0.29, 0.717) is 16.3 Å². The maximum atomic E-state index is 12.1. The van der Waals surface area contributed by atoms with E-state index in [1.807, 2.05) is 17.9 Å². The molecule has 3 heterocycles. The van der Waals surface area contributed by atoms with Gasteiger partial charge in [-0.2, -0.15) is 0 Å². The van der Waals surface area contributed by atoms with Gasteiger partial charge in [0, 0.05) is 18.0 Å². The number of fused-ring (bicyclic) bond motifs is 1. The van der Waals surface area contributed by atoms with Gasteiger partial charge in [0.1, 0.15) is 4.83 Å². The molecule has 0 spiro atoms. The molecule has 0 atom stereocenters. The van der Waals surface area contributed by atoms with Crippen molar-refractivity contribution in [2.24, 2.45) is 0 Å². The van der Waals surface area contributed by atoms with Crippen molar-refractivity contribution >= 4 is 39.2 Å². The summed E-state index contributed by atoms with van der Waals surface area (Å²) in [6.07, 6.45) is 3.39. The standard InChI is InChI=1S/C14H17N3O2S2/c1-9-7-10-12(19)15-14(16-13(10)21-9)20-8-11(18)17-5-3-2-4-6-17/h7H,2-6,8H2,1H3,(H,15,16,19). The van der Waals surface area contributed by atoms with Crippen molar-refractivity contribution in [2.45, 2.75) is 31.3 Å². The Morgan fingerprint density at radius 2 is 2.19 bits per heavy atom. The molecule has 1 fully saturated rings. The van der Waals surface area contributed by atoms with Gasteiger partial charge >= 0.3 is 0 Å². The van der Waals surface area contributed by atoms with Crippen LogP contribution in [-0.2, 0) is 4.79 Å². The average Bonchev–Trinajstić information content (AvgIpc) is 2.87. The lowest BCUT2D eigenvalue weighted by molar-refractivity contribution is -0.129. The molecule has 7 heteroatoms. The Morgan fingerprint density at radius 1 is 1.43 bits per heavy atom. The zero-order valence-corrected chi connectivity index (χ0v) is 13.5. The predicted octanol–water partition coefficient (Wildman–Crippen LogP) is 2.40. The van der Waals surface area contributed by atoms with Crippen LogP contribution in [0, 0.1) is 6.92 Å². The van der Waals surface area contributed by atoms with Crippen molar-refractivity contribution in [2.75, 3.05) is 18.8 Å². The van der Waals surface area contributed by atoms with Crippen LogP contribution in [0.25, 0.3) is 10.2 Å². The van der Waals surface area contributed by atoms with Gasteiger partial charge in [-0.15, -0.1) is 11.3 Å². The highest BCUT2D eigenvalue weighted by Gasteiger charge is 2.17. The van der Waals surface area contributed by atoms with Crippen molar-refractivity contribution in [1.82, 2.24) is 14.9 Å². The Kier molecular flexibility index (Phi) is 4.30. The van der Waals surface area contributed by atoms with Crippen LogP contribution in [0.15, 0.2) is 16.0 Å². The molecule has 21 heavy (non-hydrogen) atoms. The number of nitrogens with one attached hydrogen (secondary N) is 1. The Bertz CT molecular complexity index is 717. The second-order valence-corrected chi connectivity index (χ2v) is 7.38. The minimum atomic E-state index is -0.128. The molecule has 0 saturated carbocycles. The van der Waals surface area contributed by atoms with Crippen LogP contribution in [0.2, 0.25) is 0 Å². The number of H-pyrrole nitrogens is 1. The molecule has 112 valence electrons. The number of thioether (sulfide) groups is 1. The molecule has 3 rings (SSSR count). The average molecular weight is 323 g/mol. The van der Waals surface area contributed by atoms with Crippen molar-refractivity contribution in [3.63, 3.8) is 0 Å². The molecule has 0 aromatic carbocycles. The molecule has 1 N–H and O–H groups in total. The van der Waals surface area contributed by atoms with E-state index in [1.165, 1.54) is 29.5 Å². The van der Waals surface area contributed by atoms with Gasteiger partial charge in [0.05, 0.1) is 11.1 Å². The summed E-state index contributed by atoms with van der Waals surface area (Å²) in [4.78, 5) is 35.0. The lowest BCUT2D eigenvalue weighted by Crippen LogP contribution is -2.36. The smallest absolute Gasteiger partial charge is 0.260 e. The third kappa shape index (κ3) is 3.29. The van der Waals surface area contributed by atoms with Gasteiger partial charge in [0.15, 0.2) is 5.16 Å². The number of hydrogen-bond donors (Lipinski definition) is 1. The molecule has 2 aromatic heterocycles. The maximum Gasteiger partial charge on any atom is 0.260 e. The van der Waals surface area contributed by atoms with Gasteiger partial charge in [-0.1, -0.05) is 11.8 Å². The van der Waals surface area contributed by atoms with E-state index in [2.05, 4.69) is 9.97 Å². The second-order valence-electron chi connectivity index (χ2n) is 5.18. The summed E-state index contributed by atoms with van der Waals surface area (Å²) in [6, 6.07) is 1.85. The van der Waals surface area contributed by atoms with Gasteiger partial charge < -0.3 is 9.88 Å². The van der Waals surface area contributed by atoms with E-state index in [0.717, 1.165) is 35.6 Å². The number of aryl methyl sites for hydroxylation is 1. The van der Waals surface area contributed by atoms with E-state index >= 15 is 0 Å².